The van der Waals surface area contributed by atoms with Crippen LogP contribution in [0.5, 0.6) is 0 Å². The summed E-state index contributed by atoms with van der Waals surface area (Å²) in [6.07, 6.45) is 0.824. The lowest BCUT2D eigenvalue weighted by Gasteiger charge is -2.26. The second-order valence-corrected chi connectivity index (χ2v) is 5.14. The minimum Gasteiger partial charge on any atom is -0.392 e. The molecule has 0 amide bonds. The van der Waals surface area contributed by atoms with Gasteiger partial charge in [-0.1, -0.05) is 0 Å². The van der Waals surface area contributed by atoms with Crippen LogP contribution < -0.4 is 10.5 Å². The van der Waals surface area contributed by atoms with Gasteiger partial charge in [0, 0.05) is 0 Å². The molecule has 13 heavy (non-hydrogen) atoms. The predicted molar refractivity (Wildman–Crippen MR) is 49.6 cm³/mol. The maximum absolute atomic E-state index is 10.7. The number of aliphatic hydroxyl groups excluding tert-OH is 1. The van der Waals surface area contributed by atoms with E-state index < -0.39 is 16.1 Å². The van der Waals surface area contributed by atoms with Crippen LogP contribution in [-0.4, -0.2) is 38.5 Å². The van der Waals surface area contributed by atoms with Gasteiger partial charge in [0.05, 0.1) is 11.9 Å². The number of nitrogens with one attached hydrogen (secondary N) is 1. The van der Waals surface area contributed by atoms with Crippen LogP contribution in [-0.2, 0) is 10.0 Å². The molecule has 0 aromatic rings. The maximum atomic E-state index is 10.7. The Hall–Kier alpha value is -0.170. The van der Waals surface area contributed by atoms with Gasteiger partial charge in [0.25, 0.3) is 0 Å². The molecule has 1 heterocycles. The Morgan fingerprint density at radius 1 is 1.46 bits per heavy atom. The summed E-state index contributed by atoms with van der Waals surface area (Å²) in [5, 5.41) is 17.5. The van der Waals surface area contributed by atoms with Crippen LogP contribution in [0.3, 0.4) is 0 Å². The molecule has 4 N–H and O–H groups in total. The molecule has 0 radical (unpaired) electrons. The number of piperidine rings is 1. The Morgan fingerprint density at radius 2 is 2.00 bits per heavy atom. The van der Waals surface area contributed by atoms with Gasteiger partial charge in [0.1, 0.15) is 0 Å². The highest BCUT2D eigenvalue weighted by Crippen LogP contribution is 2.16. The second-order valence-electron chi connectivity index (χ2n) is 3.48. The number of rotatable bonds is 3. The van der Waals surface area contributed by atoms with Crippen molar-refractivity contribution in [1.82, 2.24) is 5.32 Å². The van der Waals surface area contributed by atoms with Crippen LogP contribution in [0, 0.1) is 5.92 Å². The zero-order valence-electron chi connectivity index (χ0n) is 7.44. The zero-order chi connectivity index (χ0) is 9.90. The van der Waals surface area contributed by atoms with E-state index in [1.165, 1.54) is 0 Å². The van der Waals surface area contributed by atoms with Crippen LogP contribution in [0.4, 0.5) is 0 Å². The largest absolute Gasteiger partial charge is 0.392 e. The molecule has 0 aromatic heterocycles. The minimum absolute atomic E-state index is 0.0691. The van der Waals surface area contributed by atoms with E-state index in [4.69, 9.17) is 5.14 Å². The Labute approximate surface area is 78.4 Å². The fraction of sp³-hybridized carbons (Fsp3) is 1.00. The molecular weight excluding hydrogens is 192 g/mol. The van der Waals surface area contributed by atoms with Gasteiger partial charge in [-0.3, -0.25) is 0 Å². The number of hydrogen-bond donors (Lipinski definition) is 3. The number of hydrogen-bond acceptors (Lipinski definition) is 4. The van der Waals surface area contributed by atoms with Gasteiger partial charge >= 0.3 is 0 Å². The summed E-state index contributed by atoms with van der Waals surface area (Å²) < 4.78 is 21.4. The maximum Gasteiger partial charge on any atom is 0.211 e. The first-order chi connectivity index (χ1) is 5.99. The highest BCUT2D eigenvalue weighted by Gasteiger charge is 2.24. The number of sulfonamides is 1. The van der Waals surface area contributed by atoms with Gasteiger partial charge in [-0.15, -0.1) is 0 Å². The molecule has 78 valence electrons. The molecule has 0 aromatic carbocycles. The first kappa shape index (κ1) is 10.9. The standard InChI is InChI=1S/C7H16N2O3S/c8-13(11,12)5-7(10)6-1-3-9-4-2-6/h6-7,9-10H,1-5H2,(H2,8,11,12). The van der Waals surface area contributed by atoms with Gasteiger partial charge in [-0.2, -0.15) is 0 Å². The third-order valence-electron chi connectivity index (χ3n) is 2.33. The van der Waals surface area contributed by atoms with Crippen molar-refractivity contribution in [2.75, 3.05) is 18.8 Å². The average Bonchev–Trinajstić information content (AvgIpc) is 2.03. The summed E-state index contributed by atoms with van der Waals surface area (Å²) in [6.45, 7) is 1.68. The highest BCUT2D eigenvalue weighted by atomic mass is 32.2. The third kappa shape index (κ3) is 4.04. The topological polar surface area (TPSA) is 92.4 Å². The third-order valence-corrected chi connectivity index (χ3v) is 3.14. The van der Waals surface area contributed by atoms with Crippen molar-refractivity contribution in [2.45, 2.75) is 18.9 Å². The van der Waals surface area contributed by atoms with Crippen molar-refractivity contribution in [2.24, 2.45) is 11.1 Å². The van der Waals surface area contributed by atoms with E-state index in [9.17, 15) is 13.5 Å². The Balaban J connectivity index is 2.42. The molecule has 0 saturated carbocycles. The minimum atomic E-state index is -3.54. The Bertz CT molecular complexity index is 246. The number of aliphatic hydroxyl groups is 1. The van der Waals surface area contributed by atoms with E-state index in [-0.39, 0.29) is 11.7 Å². The molecule has 0 bridgehead atoms. The van der Waals surface area contributed by atoms with Crippen molar-refractivity contribution < 1.29 is 13.5 Å². The molecule has 0 aliphatic carbocycles. The normalized spacial score (nSPS) is 22.9. The van der Waals surface area contributed by atoms with Gasteiger partial charge in [0.15, 0.2) is 0 Å². The Morgan fingerprint density at radius 3 is 2.46 bits per heavy atom. The van der Waals surface area contributed by atoms with Crippen LogP contribution in [0.2, 0.25) is 0 Å². The molecule has 6 heteroatoms. The molecule has 1 atom stereocenters. The first-order valence-corrected chi connectivity index (χ1v) is 6.10. The molecule has 1 aliphatic heterocycles. The van der Waals surface area contributed by atoms with Gasteiger partial charge in [-0.05, 0) is 31.8 Å². The summed E-state index contributed by atoms with van der Waals surface area (Å²) in [7, 11) is -3.54. The van der Waals surface area contributed by atoms with E-state index in [0.717, 1.165) is 25.9 Å². The monoisotopic (exact) mass is 208 g/mol. The van der Waals surface area contributed by atoms with E-state index in [1.54, 1.807) is 0 Å². The fourth-order valence-corrected chi connectivity index (χ4v) is 2.35. The van der Waals surface area contributed by atoms with Crippen molar-refractivity contribution in [1.29, 1.82) is 0 Å². The van der Waals surface area contributed by atoms with E-state index >= 15 is 0 Å². The second kappa shape index (κ2) is 4.36. The summed E-state index contributed by atoms with van der Waals surface area (Å²) in [6, 6.07) is 0. The van der Waals surface area contributed by atoms with Crippen LogP contribution in [0.15, 0.2) is 0 Å². The first-order valence-electron chi connectivity index (χ1n) is 4.38. The smallest absolute Gasteiger partial charge is 0.211 e. The molecule has 1 aliphatic rings. The lowest BCUT2D eigenvalue weighted by Crippen LogP contribution is -2.38. The van der Waals surface area contributed by atoms with E-state index in [0.29, 0.717) is 0 Å². The molecule has 1 saturated heterocycles. The van der Waals surface area contributed by atoms with E-state index in [2.05, 4.69) is 5.32 Å². The summed E-state index contributed by atoms with van der Waals surface area (Å²) in [5.74, 6) is -0.253. The fourth-order valence-electron chi connectivity index (χ4n) is 1.60. The average molecular weight is 208 g/mol. The van der Waals surface area contributed by atoms with Crippen molar-refractivity contribution in [3.8, 4) is 0 Å². The molecule has 1 unspecified atom stereocenters. The van der Waals surface area contributed by atoms with Crippen LogP contribution >= 0.6 is 0 Å². The molecule has 0 spiro atoms. The molecular formula is C7H16N2O3S. The Kier molecular flexibility index (Phi) is 3.66. The van der Waals surface area contributed by atoms with Crippen molar-refractivity contribution >= 4 is 10.0 Å². The zero-order valence-corrected chi connectivity index (χ0v) is 8.26. The summed E-state index contributed by atoms with van der Waals surface area (Å²) in [5.41, 5.74) is 0. The summed E-state index contributed by atoms with van der Waals surface area (Å²) in [4.78, 5) is 0. The van der Waals surface area contributed by atoms with Gasteiger partial charge in [-0.25, -0.2) is 13.6 Å². The molecule has 5 nitrogen and oxygen atoms in total. The number of nitrogens with two attached hydrogens (primary N) is 1. The lowest BCUT2D eigenvalue weighted by molar-refractivity contribution is 0.108. The van der Waals surface area contributed by atoms with E-state index in [1.807, 2.05) is 0 Å². The highest BCUT2D eigenvalue weighted by molar-refractivity contribution is 7.89. The summed E-state index contributed by atoms with van der Waals surface area (Å²) >= 11 is 0. The molecule has 1 rings (SSSR count). The van der Waals surface area contributed by atoms with Crippen molar-refractivity contribution in [3.63, 3.8) is 0 Å². The number of primary sulfonamides is 1. The van der Waals surface area contributed by atoms with Gasteiger partial charge in [0.2, 0.25) is 10.0 Å². The van der Waals surface area contributed by atoms with Crippen molar-refractivity contribution in [3.05, 3.63) is 0 Å². The van der Waals surface area contributed by atoms with Gasteiger partial charge < -0.3 is 10.4 Å². The lowest BCUT2D eigenvalue weighted by atomic mass is 9.93. The van der Waals surface area contributed by atoms with Crippen LogP contribution in [0.25, 0.3) is 0 Å². The SMILES string of the molecule is NS(=O)(=O)CC(O)C1CCNCC1. The van der Waals surface area contributed by atoms with Crippen LogP contribution in [0.1, 0.15) is 12.8 Å². The predicted octanol–water partition coefficient (Wildman–Crippen LogP) is -1.36. The quantitative estimate of drug-likeness (QED) is 0.534. The molecule has 1 fully saturated rings.